The Balaban J connectivity index is 0.000000132. The number of benzene rings is 1. The van der Waals surface area contributed by atoms with Gasteiger partial charge in [0.15, 0.2) is 0 Å². The van der Waals surface area contributed by atoms with Crippen molar-refractivity contribution in [3.63, 3.8) is 0 Å². The number of rotatable bonds is 0. The molecule has 0 fully saturated rings. The molecular formula is C8H8N2O4. The van der Waals surface area contributed by atoms with Gasteiger partial charge in [0.25, 0.3) is 0 Å². The van der Waals surface area contributed by atoms with Crippen LogP contribution in [0.5, 0.6) is 0 Å². The molecule has 0 unspecified atom stereocenters. The molecule has 0 saturated carbocycles. The van der Waals surface area contributed by atoms with Gasteiger partial charge in [-0.2, -0.15) is 4.68 Å². The molecule has 6 heteroatoms. The van der Waals surface area contributed by atoms with E-state index >= 15 is 0 Å². The van der Waals surface area contributed by atoms with E-state index < -0.39 is 6.09 Å². The van der Waals surface area contributed by atoms with E-state index in [4.69, 9.17) is 14.4 Å². The van der Waals surface area contributed by atoms with Crippen LogP contribution < -0.4 is 5.32 Å². The minimum Gasteiger partial charge on any atom is -0.465 e. The highest BCUT2D eigenvalue weighted by Gasteiger charge is 2.18. The van der Waals surface area contributed by atoms with Crippen molar-refractivity contribution < 1.29 is 19.2 Å². The Kier molecular flexibility index (Phi) is 1.81. The summed E-state index contributed by atoms with van der Waals surface area (Å²) in [6.07, 6.45) is -0.995. The van der Waals surface area contributed by atoms with Crippen LogP contribution in [-0.2, 0) is 0 Å². The molecule has 14 heavy (non-hydrogen) atoms. The van der Waals surface area contributed by atoms with Gasteiger partial charge in [0.1, 0.15) is 5.69 Å². The van der Waals surface area contributed by atoms with E-state index in [0.717, 1.165) is 16.8 Å². The van der Waals surface area contributed by atoms with E-state index in [-0.39, 0.29) is 0 Å². The largest absolute Gasteiger partial charge is 0.465 e. The number of amides is 1. The molecule has 6 nitrogen and oxygen atoms in total. The fourth-order valence-electron chi connectivity index (χ4n) is 1.09. The molecule has 74 valence electrons. The quantitative estimate of drug-likeness (QED) is 0.535. The number of hydrogen-bond acceptors (Lipinski definition) is 3. The Morgan fingerprint density at radius 2 is 2.29 bits per heavy atom. The molecule has 0 spiro atoms. The molecule has 2 N–H and O–H groups in total. The molecule has 4 rings (SSSR count). The Morgan fingerprint density at radius 3 is 2.71 bits per heavy atom. The van der Waals surface area contributed by atoms with Crippen LogP contribution in [0.25, 0.3) is 16.8 Å². The van der Waals surface area contributed by atoms with Gasteiger partial charge in [-0.1, -0.05) is 0 Å². The molecule has 1 amide bonds. The lowest BCUT2D eigenvalue weighted by Gasteiger charge is -2.05. The minimum absolute atomic E-state index is 0.810. The second kappa shape index (κ2) is 2.99. The molecule has 4 bridgehead atoms. The van der Waals surface area contributed by atoms with Gasteiger partial charge < -0.3 is 10.4 Å². The third-order valence-electron chi connectivity index (χ3n) is 1.81. The number of hydrogen-bond donors (Lipinski definition) is 2. The fraction of sp³-hybridized carbons (Fsp3) is 0.125. The van der Waals surface area contributed by atoms with Crippen molar-refractivity contribution in [1.82, 2.24) is 10.1 Å². The van der Waals surface area contributed by atoms with Gasteiger partial charge in [-0.05, 0) is 18.2 Å². The molecular weight excluding hydrogens is 188 g/mol. The van der Waals surface area contributed by atoms with Crippen molar-refractivity contribution in [2.45, 2.75) is 0 Å². The molecule has 0 aromatic heterocycles. The summed E-state index contributed by atoms with van der Waals surface area (Å²) in [4.78, 5) is 9.26. The molecule has 1 aromatic rings. The summed E-state index contributed by atoms with van der Waals surface area (Å²) in [6.45, 7) is 0. The lowest BCUT2D eigenvalue weighted by Crippen LogP contribution is -2.13. The van der Waals surface area contributed by atoms with Crippen LogP contribution in [0, 0.1) is 0 Å². The van der Waals surface area contributed by atoms with Crippen molar-refractivity contribution in [3.05, 3.63) is 18.2 Å². The first-order valence-electron chi connectivity index (χ1n) is 3.92. The third-order valence-corrected chi connectivity index (χ3v) is 1.81. The summed E-state index contributed by atoms with van der Waals surface area (Å²) in [5, 5.41) is 9.56. The van der Waals surface area contributed by atoms with E-state index in [1.165, 1.54) is 7.05 Å². The van der Waals surface area contributed by atoms with Crippen molar-refractivity contribution in [2.75, 3.05) is 7.05 Å². The zero-order valence-corrected chi connectivity index (χ0v) is 7.35. The van der Waals surface area contributed by atoms with Crippen LogP contribution in [0.1, 0.15) is 0 Å². The molecule has 0 atom stereocenters. The molecule has 0 aliphatic carbocycles. The van der Waals surface area contributed by atoms with E-state index in [1.54, 1.807) is 4.74 Å². The summed E-state index contributed by atoms with van der Waals surface area (Å²) in [5.74, 6) is 0. The molecule has 3 aliphatic rings. The number of nitrogens with one attached hydrogen (secondary N) is 1. The van der Waals surface area contributed by atoms with Crippen LogP contribution >= 0.6 is 0 Å². The van der Waals surface area contributed by atoms with Crippen LogP contribution in [0.4, 0.5) is 4.79 Å². The third kappa shape index (κ3) is 1.17. The first kappa shape index (κ1) is 8.49. The van der Waals surface area contributed by atoms with Gasteiger partial charge >= 0.3 is 6.09 Å². The number of fused-ring (bicyclic) bond motifs is 1. The van der Waals surface area contributed by atoms with Gasteiger partial charge in [0.2, 0.25) is 5.58 Å². The zero-order valence-electron chi connectivity index (χ0n) is 7.35. The van der Waals surface area contributed by atoms with E-state index in [2.05, 4.69) is 0 Å². The average molecular weight is 196 g/mol. The number of carbonyl (C=O) groups is 1. The molecule has 0 saturated heterocycles. The Morgan fingerprint density at radius 1 is 1.57 bits per heavy atom. The average Bonchev–Trinajstić information content (AvgIpc) is 2.39. The normalized spacial score (nSPS) is 10.4. The summed E-state index contributed by atoms with van der Waals surface area (Å²) < 4.78 is 11.2. The maximum atomic E-state index is 9.26. The smallest absolute Gasteiger partial charge is 0.404 e. The maximum Gasteiger partial charge on any atom is 0.404 e. The summed E-state index contributed by atoms with van der Waals surface area (Å²) in [5.41, 5.74) is 2.91. The Labute approximate surface area is 78.3 Å². The standard InChI is InChI=1S/C6H3NO2.C2H5NO2/c1-2-6-5-3-4(1)7(5)9-8-6;1-3-2(4)5/h1-3H;3H,1H3,(H,4,5). The van der Waals surface area contributed by atoms with Crippen molar-refractivity contribution in [3.8, 4) is 5.69 Å². The Bertz CT molecular complexity index is 481. The first-order valence-corrected chi connectivity index (χ1v) is 3.92. The Hall–Kier alpha value is -2.11. The number of pyridine rings is 1. The SMILES string of the molecule is CNC(=O)O.c1cc2cc3c1oon2-3. The highest BCUT2D eigenvalue weighted by Crippen LogP contribution is 2.30. The van der Waals surface area contributed by atoms with Gasteiger partial charge in [0.05, 0.1) is 5.52 Å². The highest BCUT2D eigenvalue weighted by atomic mass is 17.0. The van der Waals surface area contributed by atoms with Crippen molar-refractivity contribution in [2.24, 2.45) is 0 Å². The maximum absolute atomic E-state index is 9.26. The van der Waals surface area contributed by atoms with Crippen LogP contribution in [0.2, 0.25) is 0 Å². The number of nitrogens with zero attached hydrogens (tertiary/aromatic N) is 1. The minimum atomic E-state index is -0.995. The zero-order chi connectivity index (χ0) is 10.1. The lowest BCUT2D eigenvalue weighted by molar-refractivity contribution is 0.00177. The number of aromatic nitrogens is 1. The molecule has 3 heterocycles. The molecule has 1 aromatic carbocycles. The van der Waals surface area contributed by atoms with Gasteiger partial charge in [-0.3, -0.25) is 4.58 Å². The predicted octanol–water partition coefficient (Wildman–Crippen LogP) is 1.58. The van der Waals surface area contributed by atoms with Crippen molar-refractivity contribution >= 4 is 17.2 Å². The van der Waals surface area contributed by atoms with E-state index in [1.807, 2.05) is 23.5 Å². The van der Waals surface area contributed by atoms with E-state index in [0.29, 0.717) is 0 Å². The van der Waals surface area contributed by atoms with Crippen molar-refractivity contribution in [1.29, 1.82) is 0 Å². The van der Waals surface area contributed by atoms with Crippen LogP contribution in [0.3, 0.4) is 0 Å². The first-order chi connectivity index (χ1) is 6.72. The lowest BCUT2D eigenvalue weighted by atomic mass is 10.2. The number of carboxylic acid groups (broad SMARTS) is 1. The highest BCUT2D eigenvalue weighted by molar-refractivity contribution is 5.77. The monoisotopic (exact) mass is 196 g/mol. The molecule has 0 radical (unpaired) electrons. The van der Waals surface area contributed by atoms with Gasteiger partial charge in [0, 0.05) is 7.05 Å². The topological polar surface area (TPSA) is 80.5 Å². The fourth-order valence-corrected chi connectivity index (χ4v) is 1.09. The molecule has 3 aliphatic heterocycles. The summed E-state index contributed by atoms with van der Waals surface area (Å²) >= 11 is 0. The summed E-state index contributed by atoms with van der Waals surface area (Å²) in [7, 11) is 1.35. The summed E-state index contributed by atoms with van der Waals surface area (Å²) in [6, 6.07) is 5.87. The van der Waals surface area contributed by atoms with Crippen LogP contribution in [0.15, 0.2) is 27.5 Å². The second-order valence-corrected chi connectivity index (χ2v) is 2.66. The van der Waals surface area contributed by atoms with E-state index in [9.17, 15) is 4.79 Å². The van der Waals surface area contributed by atoms with Gasteiger partial charge in [-0.25, -0.2) is 4.79 Å². The predicted molar refractivity (Wildman–Crippen MR) is 47.3 cm³/mol. The van der Waals surface area contributed by atoms with Crippen LogP contribution in [-0.4, -0.2) is 23.0 Å². The second-order valence-electron chi connectivity index (χ2n) is 2.66. The van der Waals surface area contributed by atoms with Gasteiger partial charge in [-0.15, -0.1) is 4.74 Å².